The van der Waals surface area contributed by atoms with Gasteiger partial charge in [0.05, 0.1) is 31.1 Å². The van der Waals surface area contributed by atoms with Crippen LogP contribution in [0, 0.1) is 0 Å². The van der Waals surface area contributed by atoms with E-state index in [2.05, 4.69) is 10.3 Å². The molecule has 11 atom stereocenters. The van der Waals surface area contributed by atoms with Crippen LogP contribution in [0.3, 0.4) is 0 Å². The van der Waals surface area contributed by atoms with Gasteiger partial charge >= 0.3 is 19.5 Å². The van der Waals surface area contributed by atoms with E-state index in [1.165, 1.54) is 16.9 Å². The van der Waals surface area contributed by atoms with Gasteiger partial charge in [-0.3, -0.25) is 13.9 Å². The van der Waals surface area contributed by atoms with E-state index >= 15 is 0 Å². The van der Waals surface area contributed by atoms with Gasteiger partial charge in [0.15, 0.2) is 6.23 Å². The number of aliphatic hydroxyl groups excluding tert-OH is 6. The van der Waals surface area contributed by atoms with Gasteiger partial charge in [-0.2, -0.15) is 4.98 Å². The first kappa shape index (κ1) is 37.6. The molecular weight excluding hydrogens is 671 g/mol. The van der Waals surface area contributed by atoms with Crippen molar-refractivity contribution in [3.63, 3.8) is 0 Å². The predicted octanol–water partition coefficient (Wildman–Crippen LogP) is -3.89. The third-order valence-electron chi connectivity index (χ3n) is 6.66. The van der Waals surface area contributed by atoms with Crippen molar-refractivity contribution in [3.05, 3.63) is 22.7 Å². The van der Waals surface area contributed by atoms with E-state index in [1.54, 1.807) is 0 Å². The molecule has 3 rings (SSSR count). The van der Waals surface area contributed by atoms with Crippen molar-refractivity contribution in [1.29, 1.82) is 0 Å². The summed E-state index contributed by atoms with van der Waals surface area (Å²) < 4.78 is 34.1. The van der Waals surface area contributed by atoms with Gasteiger partial charge in [-0.1, -0.05) is 28.5 Å². The van der Waals surface area contributed by atoms with Crippen LogP contribution in [0.25, 0.3) is 0 Å². The quantitative estimate of drug-likeness (QED) is 0.0473. The standard InChI is InChI=1S/C22H35N4O16PS2/c1-2-44-45-8-13(30)25-14-9(28)5-22(20(34)35,41-18(14)15(31)10(29)6-27)42-43(37,38)39-7-11-16(32)17(33)19(40-11)26-4-3-12(23)24-21(26)36/h3-4,9-11,14-19,27-29,31-33H,2,5-8H2,1H3,(H,25,30)(H,34,35)(H,37,38)(H2,23,24,36)/t9-,10-,11?,14-,15-,16?,17?,18?,19?,22-/m1/s1. The normalized spacial score (nSPS) is 32.8. The molecule has 0 aliphatic carbocycles. The molecule has 2 saturated heterocycles. The van der Waals surface area contributed by atoms with Gasteiger partial charge in [0.1, 0.15) is 42.4 Å². The Bertz CT molecular complexity index is 1300. The van der Waals surface area contributed by atoms with Crippen LogP contribution in [0.1, 0.15) is 19.6 Å². The zero-order valence-electron chi connectivity index (χ0n) is 23.5. The number of aliphatic carboxylic acids is 1. The van der Waals surface area contributed by atoms with Gasteiger partial charge in [-0.25, -0.2) is 18.7 Å². The van der Waals surface area contributed by atoms with E-state index in [0.29, 0.717) is 5.75 Å². The SMILES string of the molecule is CCSSCC(=O)N[C@H]1C([C@H](O)[C@H](O)CO)O[C@](OP(=O)(O)OCC2OC(n3ccc(N)nc3=O)C(O)C2O)(C(=O)O)C[C@H]1O. The third-order valence-corrected chi connectivity index (χ3v) is 10.0. The molecule has 2 aliphatic heterocycles. The number of aliphatic hydroxyl groups is 6. The number of amides is 1. The molecule has 256 valence electrons. The van der Waals surface area contributed by atoms with E-state index in [-0.39, 0.29) is 11.6 Å². The number of rotatable bonds is 15. The number of nitrogens with zero attached hydrogens (tertiary/aromatic N) is 2. The van der Waals surface area contributed by atoms with E-state index in [0.717, 1.165) is 21.6 Å². The Labute approximate surface area is 262 Å². The number of hydrogen-bond donors (Lipinski definition) is 10. The van der Waals surface area contributed by atoms with E-state index < -0.39 is 106 Å². The van der Waals surface area contributed by atoms with Crippen LogP contribution in [0.2, 0.25) is 0 Å². The number of carbonyl (C=O) groups excluding carboxylic acids is 1. The molecule has 3 heterocycles. The lowest BCUT2D eigenvalue weighted by molar-refractivity contribution is -0.289. The Morgan fingerprint density at radius 1 is 1.29 bits per heavy atom. The molecule has 11 N–H and O–H groups in total. The number of phosphoric ester groups is 1. The molecule has 0 saturated carbocycles. The second-order valence-electron chi connectivity index (χ2n) is 9.86. The van der Waals surface area contributed by atoms with Crippen molar-refractivity contribution in [2.45, 2.75) is 74.1 Å². The average molecular weight is 707 g/mol. The van der Waals surface area contributed by atoms with Gasteiger partial charge in [0.2, 0.25) is 5.91 Å². The first-order chi connectivity index (χ1) is 21.1. The average Bonchev–Trinajstić information content (AvgIpc) is 3.25. The number of carbonyl (C=O) groups is 2. The fourth-order valence-electron chi connectivity index (χ4n) is 4.49. The summed E-state index contributed by atoms with van der Waals surface area (Å²) in [5.74, 6) is -5.56. The highest BCUT2D eigenvalue weighted by Gasteiger charge is 2.59. The predicted molar refractivity (Wildman–Crippen MR) is 153 cm³/mol. The number of aromatic nitrogens is 2. The lowest BCUT2D eigenvalue weighted by Crippen LogP contribution is -2.68. The number of carboxylic acid groups (broad SMARTS) is 1. The largest absolute Gasteiger partial charge is 0.477 e. The fraction of sp³-hybridized carbons (Fsp3) is 0.727. The molecule has 45 heavy (non-hydrogen) atoms. The zero-order chi connectivity index (χ0) is 33.7. The van der Waals surface area contributed by atoms with Crippen molar-refractivity contribution in [3.8, 4) is 0 Å². The highest BCUT2D eigenvalue weighted by molar-refractivity contribution is 8.76. The Balaban J connectivity index is 1.78. The summed E-state index contributed by atoms with van der Waals surface area (Å²) in [4.78, 5) is 50.8. The molecule has 23 heteroatoms. The number of nitrogen functional groups attached to an aromatic ring is 1. The molecule has 2 fully saturated rings. The van der Waals surface area contributed by atoms with Crippen LogP contribution in [0.4, 0.5) is 5.82 Å². The van der Waals surface area contributed by atoms with E-state index in [9.17, 15) is 59.6 Å². The summed E-state index contributed by atoms with van der Waals surface area (Å²) in [6, 6.07) is -0.375. The molecule has 2 aliphatic rings. The first-order valence-electron chi connectivity index (χ1n) is 13.2. The summed E-state index contributed by atoms with van der Waals surface area (Å²) in [6.45, 7) is -0.228. The Hall–Kier alpha value is -1.89. The molecule has 1 aromatic rings. The molecule has 0 bridgehead atoms. The van der Waals surface area contributed by atoms with Crippen LogP contribution >= 0.6 is 29.4 Å². The highest BCUT2D eigenvalue weighted by Crippen LogP contribution is 2.51. The summed E-state index contributed by atoms with van der Waals surface area (Å²) in [7, 11) is -3.04. The maximum absolute atomic E-state index is 12.9. The minimum Gasteiger partial charge on any atom is -0.477 e. The lowest BCUT2D eigenvalue weighted by atomic mass is 9.88. The summed E-state index contributed by atoms with van der Waals surface area (Å²) in [5.41, 5.74) is 4.48. The molecule has 0 aromatic carbocycles. The number of hydrogen-bond acceptors (Lipinski definition) is 18. The summed E-state index contributed by atoms with van der Waals surface area (Å²) in [6.07, 6.45) is -14.7. The number of nitrogens with two attached hydrogens (primary N) is 1. The summed E-state index contributed by atoms with van der Waals surface area (Å²) >= 11 is 0. The third kappa shape index (κ3) is 9.14. The maximum Gasteiger partial charge on any atom is 0.475 e. The topological polar surface area (TPSA) is 323 Å². The van der Waals surface area contributed by atoms with Crippen LogP contribution in [-0.2, 0) is 32.7 Å². The van der Waals surface area contributed by atoms with Crippen LogP contribution in [-0.4, -0.2) is 141 Å². The maximum atomic E-state index is 12.9. The van der Waals surface area contributed by atoms with E-state index in [4.69, 9.17) is 24.3 Å². The minimum absolute atomic E-state index is 0.124. The monoisotopic (exact) mass is 706 g/mol. The van der Waals surface area contributed by atoms with Crippen molar-refractivity contribution in [2.24, 2.45) is 0 Å². The molecular formula is C22H35N4O16PS2. The van der Waals surface area contributed by atoms with Crippen LogP contribution in [0.5, 0.6) is 0 Å². The first-order valence-corrected chi connectivity index (χ1v) is 17.2. The molecule has 20 nitrogen and oxygen atoms in total. The Morgan fingerprint density at radius 3 is 2.58 bits per heavy atom. The second kappa shape index (κ2) is 15.8. The molecule has 6 unspecified atom stereocenters. The molecule has 1 amide bonds. The van der Waals surface area contributed by atoms with Gasteiger partial charge in [0.25, 0.3) is 5.79 Å². The Morgan fingerprint density at radius 2 is 1.98 bits per heavy atom. The number of nitrogens with one attached hydrogen (secondary N) is 1. The van der Waals surface area contributed by atoms with Gasteiger partial charge < -0.3 is 61.2 Å². The van der Waals surface area contributed by atoms with Gasteiger partial charge in [-0.15, -0.1) is 0 Å². The number of carboxylic acids is 1. The number of anilines is 1. The zero-order valence-corrected chi connectivity index (χ0v) is 26.0. The molecule has 0 radical (unpaired) electrons. The number of phosphoric acid groups is 1. The highest BCUT2D eigenvalue weighted by atomic mass is 33.1. The van der Waals surface area contributed by atoms with Gasteiger partial charge in [0, 0.05) is 18.4 Å². The van der Waals surface area contributed by atoms with Crippen molar-refractivity contribution in [2.75, 3.05) is 30.5 Å². The molecule has 1 aromatic heterocycles. The summed E-state index contributed by atoms with van der Waals surface area (Å²) in [5, 5.41) is 73.9. The van der Waals surface area contributed by atoms with E-state index in [1.807, 2.05) is 6.92 Å². The molecule has 0 spiro atoms. The van der Waals surface area contributed by atoms with Crippen molar-refractivity contribution < 1.29 is 73.3 Å². The lowest BCUT2D eigenvalue weighted by Gasteiger charge is -2.46. The van der Waals surface area contributed by atoms with Crippen molar-refractivity contribution >= 4 is 47.1 Å². The second-order valence-corrected chi connectivity index (χ2v) is 14.0. The van der Waals surface area contributed by atoms with Crippen molar-refractivity contribution in [1.82, 2.24) is 14.9 Å². The fourth-order valence-corrected chi connectivity index (χ4v) is 6.96. The Kier molecular flexibility index (Phi) is 13.2. The van der Waals surface area contributed by atoms with Crippen LogP contribution < -0.4 is 16.7 Å². The van der Waals surface area contributed by atoms with Gasteiger partial charge in [-0.05, 0) is 6.07 Å². The van der Waals surface area contributed by atoms with Crippen LogP contribution in [0.15, 0.2) is 17.1 Å². The number of ether oxygens (including phenoxy) is 2. The minimum atomic E-state index is -5.54. The smallest absolute Gasteiger partial charge is 0.475 e.